The van der Waals surface area contributed by atoms with Gasteiger partial charge in [0.15, 0.2) is 5.58 Å². The van der Waals surface area contributed by atoms with Gasteiger partial charge in [0.1, 0.15) is 5.52 Å². The van der Waals surface area contributed by atoms with Crippen molar-refractivity contribution in [3.8, 4) is 11.5 Å². The molecule has 0 saturated heterocycles. The number of carbonyl (C=O) groups excluding carboxylic acids is 1. The minimum absolute atomic E-state index is 0.167. The predicted octanol–water partition coefficient (Wildman–Crippen LogP) is 5.71. The van der Waals surface area contributed by atoms with Crippen molar-refractivity contribution in [3.05, 3.63) is 82.9 Å². The molecule has 0 bridgehead atoms. The minimum Gasteiger partial charge on any atom is -0.436 e. The number of halogens is 1. The zero-order chi connectivity index (χ0) is 18.1. The summed E-state index contributed by atoms with van der Waals surface area (Å²) >= 11 is 6.21. The molecule has 0 spiro atoms. The predicted molar refractivity (Wildman–Crippen MR) is 104 cm³/mol. The lowest BCUT2D eigenvalue weighted by Gasteiger charge is -2.05. The molecule has 0 atom stereocenters. The summed E-state index contributed by atoms with van der Waals surface area (Å²) in [4.78, 5) is 16.9. The molecule has 5 heteroatoms. The molecule has 0 saturated carbocycles. The highest BCUT2D eigenvalue weighted by molar-refractivity contribution is 6.33. The van der Waals surface area contributed by atoms with Crippen LogP contribution in [0.4, 0.5) is 5.69 Å². The Kier molecular flexibility index (Phi) is 4.19. The first-order valence-electron chi connectivity index (χ1n) is 8.14. The number of anilines is 1. The summed E-state index contributed by atoms with van der Waals surface area (Å²) in [5.41, 5.74) is 4.39. The fraction of sp³-hybridized carbons (Fsp3) is 0.0476. The van der Waals surface area contributed by atoms with Gasteiger partial charge in [0.25, 0.3) is 5.91 Å². The Morgan fingerprint density at radius 2 is 1.81 bits per heavy atom. The molecule has 0 aliphatic carbocycles. The standard InChI is InChI=1S/C21H15ClN2O2/c1-13-6-8-14(9-7-13)20(25)23-15-10-11-19-18(12-15)24-21(26-19)16-4-2-3-5-17(16)22/h2-12H,1H3,(H,23,25). The molecule has 4 aromatic rings. The van der Waals surface area contributed by atoms with Crippen molar-refractivity contribution in [3.63, 3.8) is 0 Å². The van der Waals surface area contributed by atoms with E-state index in [2.05, 4.69) is 10.3 Å². The first-order chi connectivity index (χ1) is 12.6. The van der Waals surface area contributed by atoms with Gasteiger partial charge in [0, 0.05) is 11.3 Å². The number of oxazole rings is 1. The van der Waals surface area contributed by atoms with Gasteiger partial charge in [-0.2, -0.15) is 0 Å². The van der Waals surface area contributed by atoms with E-state index in [-0.39, 0.29) is 5.91 Å². The maximum Gasteiger partial charge on any atom is 0.255 e. The molecule has 1 heterocycles. The molecule has 4 rings (SSSR count). The number of amides is 1. The van der Waals surface area contributed by atoms with Crippen molar-refractivity contribution in [2.24, 2.45) is 0 Å². The maximum absolute atomic E-state index is 12.4. The molecule has 0 radical (unpaired) electrons. The SMILES string of the molecule is Cc1ccc(C(=O)Nc2ccc3oc(-c4ccccc4Cl)nc3c2)cc1. The van der Waals surface area contributed by atoms with Gasteiger partial charge in [-0.15, -0.1) is 0 Å². The fourth-order valence-electron chi connectivity index (χ4n) is 2.66. The van der Waals surface area contributed by atoms with Gasteiger partial charge in [0.2, 0.25) is 5.89 Å². The molecule has 0 aliphatic rings. The van der Waals surface area contributed by atoms with Crippen molar-refractivity contribution in [1.82, 2.24) is 4.98 Å². The summed E-state index contributed by atoms with van der Waals surface area (Å²) in [6.45, 7) is 1.98. The van der Waals surface area contributed by atoms with Crippen molar-refractivity contribution >= 4 is 34.3 Å². The van der Waals surface area contributed by atoms with E-state index in [0.29, 0.717) is 33.3 Å². The number of nitrogens with zero attached hydrogens (tertiary/aromatic N) is 1. The number of aromatic nitrogens is 1. The van der Waals surface area contributed by atoms with Crippen LogP contribution >= 0.6 is 11.6 Å². The highest BCUT2D eigenvalue weighted by Crippen LogP contribution is 2.30. The summed E-state index contributed by atoms with van der Waals surface area (Å²) in [7, 11) is 0. The van der Waals surface area contributed by atoms with Crippen LogP contribution in [0.25, 0.3) is 22.6 Å². The first-order valence-corrected chi connectivity index (χ1v) is 8.51. The van der Waals surface area contributed by atoms with Crippen molar-refractivity contribution < 1.29 is 9.21 Å². The minimum atomic E-state index is -0.167. The zero-order valence-electron chi connectivity index (χ0n) is 14.0. The van der Waals surface area contributed by atoms with Gasteiger partial charge in [-0.1, -0.05) is 41.4 Å². The quantitative estimate of drug-likeness (QED) is 0.508. The van der Waals surface area contributed by atoms with Crippen LogP contribution in [-0.2, 0) is 0 Å². The lowest BCUT2D eigenvalue weighted by atomic mass is 10.1. The van der Waals surface area contributed by atoms with E-state index in [1.54, 1.807) is 36.4 Å². The molecule has 1 amide bonds. The topological polar surface area (TPSA) is 55.1 Å². The van der Waals surface area contributed by atoms with Crippen molar-refractivity contribution in [1.29, 1.82) is 0 Å². The van der Waals surface area contributed by atoms with E-state index in [4.69, 9.17) is 16.0 Å². The maximum atomic E-state index is 12.4. The monoisotopic (exact) mass is 362 g/mol. The smallest absolute Gasteiger partial charge is 0.255 e. The summed E-state index contributed by atoms with van der Waals surface area (Å²) in [6, 6.07) is 20.2. The number of carbonyl (C=O) groups is 1. The van der Waals surface area contributed by atoms with E-state index in [1.807, 2.05) is 37.3 Å². The Labute approximate surface area is 155 Å². The Morgan fingerprint density at radius 3 is 2.58 bits per heavy atom. The molecular weight excluding hydrogens is 348 g/mol. The normalized spacial score (nSPS) is 10.8. The first kappa shape index (κ1) is 16.4. The zero-order valence-corrected chi connectivity index (χ0v) is 14.7. The summed E-state index contributed by atoms with van der Waals surface area (Å²) in [5, 5.41) is 3.46. The molecule has 26 heavy (non-hydrogen) atoms. The Hall–Kier alpha value is -3.11. The van der Waals surface area contributed by atoms with Gasteiger partial charge in [-0.25, -0.2) is 4.98 Å². The molecule has 4 nitrogen and oxygen atoms in total. The van der Waals surface area contributed by atoms with E-state index >= 15 is 0 Å². The van der Waals surface area contributed by atoms with Crippen LogP contribution in [0, 0.1) is 6.92 Å². The van der Waals surface area contributed by atoms with Crippen LogP contribution in [0.3, 0.4) is 0 Å². The van der Waals surface area contributed by atoms with Gasteiger partial charge in [-0.3, -0.25) is 4.79 Å². The van der Waals surface area contributed by atoms with Gasteiger partial charge in [0.05, 0.1) is 10.6 Å². The third-order valence-electron chi connectivity index (χ3n) is 4.06. The van der Waals surface area contributed by atoms with Gasteiger partial charge >= 0.3 is 0 Å². The van der Waals surface area contributed by atoms with Crippen LogP contribution in [0.15, 0.2) is 71.1 Å². The van der Waals surface area contributed by atoms with Gasteiger partial charge in [-0.05, 0) is 49.4 Å². The largest absolute Gasteiger partial charge is 0.436 e. The molecule has 1 aromatic heterocycles. The average Bonchev–Trinajstić information content (AvgIpc) is 3.05. The second-order valence-corrected chi connectivity index (χ2v) is 6.41. The Balaban J connectivity index is 1.62. The van der Waals surface area contributed by atoms with E-state index in [9.17, 15) is 4.79 Å². The second-order valence-electron chi connectivity index (χ2n) is 6.00. The third-order valence-corrected chi connectivity index (χ3v) is 4.39. The molecule has 128 valence electrons. The number of hydrogen-bond donors (Lipinski definition) is 1. The number of rotatable bonds is 3. The lowest BCUT2D eigenvalue weighted by molar-refractivity contribution is 0.102. The van der Waals surface area contributed by atoms with Gasteiger partial charge < -0.3 is 9.73 Å². The Morgan fingerprint density at radius 1 is 1.04 bits per heavy atom. The number of nitrogens with one attached hydrogen (secondary N) is 1. The van der Waals surface area contributed by atoms with E-state index in [1.165, 1.54) is 0 Å². The van der Waals surface area contributed by atoms with Crippen molar-refractivity contribution in [2.45, 2.75) is 6.92 Å². The second kappa shape index (κ2) is 6.65. The molecule has 0 unspecified atom stereocenters. The van der Waals surface area contributed by atoms with Crippen LogP contribution in [0.5, 0.6) is 0 Å². The number of benzene rings is 3. The number of hydrogen-bond acceptors (Lipinski definition) is 3. The van der Waals surface area contributed by atoms with Crippen LogP contribution in [0.2, 0.25) is 5.02 Å². The van der Waals surface area contributed by atoms with Crippen LogP contribution < -0.4 is 5.32 Å². The molecule has 1 N–H and O–H groups in total. The molecule has 0 aliphatic heterocycles. The third kappa shape index (κ3) is 3.19. The molecule has 3 aromatic carbocycles. The number of fused-ring (bicyclic) bond motifs is 1. The van der Waals surface area contributed by atoms with E-state index in [0.717, 1.165) is 11.1 Å². The molecular formula is C21H15ClN2O2. The average molecular weight is 363 g/mol. The summed E-state index contributed by atoms with van der Waals surface area (Å²) in [6.07, 6.45) is 0. The highest BCUT2D eigenvalue weighted by atomic mass is 35.5. The van der Waals surface area contributed by atoms with E-state index < -0.39 is 0 Å². The summed E-state index contributed by atoms with van der Waals surface area (Å²) in [5.74, 6) is 0.284. The lowest BCUT2D eigenvalue weighted by Crippen LogP contribution is -2.11. The number of aryl methyl sites for hydroxylation is 1. The highest BCUT2D eigenvalue weighted by Gasteiger charge is 2.12. The van der Waals surface area contributed by atoms with Crippen LogP contribution in [0.1, 0.15) is 15.9 Å². The fourth-order valence-corrected chi connectivity index (χ4v) is 2.88. The molecule has 0 fully saturated rings. The van der Waals surface area contributed by atoms with Crippen molar-refractivity contribution in [2.75, 3.05) is 5.32 Å². The summed E-state index contributed by atoms with van der Waals surface area (Å²) < 4.78 is 5.78. The Bertz CT molecular complexity index is 1100. The van der Waals surface area contributed by atoms with Crippen LogP contribution in [-0.4, -0.2) is 10.9 Å².